The topological polar surface area (TPSA) is 94.9 Å². The van der Waals surface area contributed by atoms with Gasteiger partial charge >= 0.3 is 0 Å². The van der Waals surface area contributed by atoms with Crippen molar-refractivity contribution in [2.24, 2.45) is 5.11 Å². The maximum absolute atomic E-state index is 11.7. The standard InChI is InChI=1S/C18H26N4O2S/c1-3-14-25(23,24)21-15-16(2)18-11-9-17(10-12-18)8-6-4-5-7-13-20-22-19/h9-12,16,21H,3-5,7,13-15H2,1-2H3. The molecule has 1 N–H and O–H groups in total. The summed E-state index contributed by atoms with van der Waals surface area (Å²) in [5.74, 6) is 6.49. The highest BCUT2D eigenvalue weighted by atomic mass is 32.2. The minimum Gasteiger partial charge on any atom is -0.215 e. The van der Waals surface area contributed by atoms with Gasteiger partial charge in [-0.15, -0.1) is 0 Å². The number of hydrogen-bond donors (Lipinski definition) is 1. The van der Waals surface area contributed by atoms with E-state index in [4.69, 9.17) is 5.53 Å². The average Bonchev–Trinajstić information content (AvgIpc) is 2.59. The third kappa shape index (κ3) is 9.16. The normalized spacial score (nSPS) is 11.9. The van der Waals surface area contributed by atoms with Gasteiger partial charge in [0, 0.05) is 30.0 Å². The van der Waals surface area contributed by atoms with Crippen LogP contribution in [0.5, 0.6) is 0 Å². The van der Waals surface area contributed by atoms with Crippen LogP contribution < -0.4 is 4.72 Å². The highest BCUT2D eigenvalue weighted by Crippen LogP contribution is 2.15. The molecule has 1 atom stereocenters. The first-order valence-corrected chi connectivity index (χ1v) is 10.2. The van der Waals surface area contributed by atoms with Gasteiger partial charge in [0.05, 0.1) is 5.75 Å². The van der Waals surface area contributed by atoms with Crippen LogP contribution in [0.1, 0.15) is 56.6 Å². The minimum atomic E-state index is -3.17. The van der Waals surface area contributed by atoms with Crippen molar-refractivity contribution in [2.45, 2.75) is 45.4 Å². The second kappa shape index (κ2) is 11.5. The molecule has 0 aliphatic carbocycles. The molecule has 0 aromatic heterocycles. The van der Waals surface area contributed by atoms with E-state index in [1.807, 2.05) is 38.1 Å². The smallest absolute Gasteiger partial charge is 0.211 e. The van der Waals surface area contributed by atoms with Crippen molar-refractivity contribution in [1.82, 2.24) is 4.72 Å². The molecule has 0 radical (unpaired) electrons. The molecule has 7 heteroatoms. The first kappa shape index (κ1) is 21.0. The zero-order valence-electron chi connectivity index (χ0n) is 14.9. The SMILES string of the molecule is CCCS(=O)(=O)NCC(C)c1ccc(C#CCCCCN=[N+]=[N-])cc1. The van der Waals surface area contributed by atoms with Crippen LogP contribution in [-0.4, -0.2) is 27.3 Å². The lowest BCUT2D eigenvalue weighted by Gasteiger charge is -2.13. The summed E-state index contributed by atoms with van der Waals surface area (Å²) in [4.78, 5) is 2.71. The van der Waals surface area contributed by atoms with E-state index in [9.17, 15) is 8.42 Å². The molecule has 0 aliphatic heterocycles. The van der Waals surface area contributed by atoms with Gasteiger partial charge in [-0.1, -0.05) is 42.9 Å². The molecule has 136 valence electrons. The highest BCUT2D eigenvalue weighted by Gasteiger charge is 2.11. The maximum atomic E-state index is 11.7. The Hall–Kier alpha value is -2.00. The van der Waals surface area contributed by atoms with Gasteiger partial charge in [-0.05, 0) is 48.4 Å². The Morgan fingerprint density at radius 2 is 2.00 bits per heavy atom. The van der Waals surface area contributed by atoms with Gasteiger partial charge in [-0.25, -0.2) is 13.1 Å². The molecule has 0 aliphatic rings. The molecule has 6 nitrogen and oxygen atoms in total. The molecule has 1 aromatic rings. The molecular weight excluding hydrogens is 336 g/mol. The first-order valence-electron chi connectivity index (χ1n) is 8.55. The fraction of sp³-hybridized carbons (Fsp3) is 0.556. The summed E-state index contributed by atoms with van der Waals surface area (Å²) in [5.41, 5.74) is 10.2. The quantitative estimate of drug-likeness (QED) is 0.224. The van der Waals surface area contributed by atoms with E-state index in [0.717, 1.165) is 30.4 Å². The number of unbranched alkanes of at least 4 members (excludes halogenated alkanes) is 2. The van der Waals surface area contributed by atoms with E-state index in [1.165, 1.54) is 0 Å². The number of azide groups is 1. The van der Waals surface area contributed by atoms with E-state index >= 15 is 0 Å². The third-order valence-corrected chi connectivity index (χ3v) is 5.22. The minimum absolute atomic E-state index is 0.106. The zero-order valence-corrected chi connectivity index (χ0v) is 15.7. The molecule has 0 fully saturated rings. The van der Waals surface area contributed by atoms with Gasteiger partial charge in [0.15, 0.2) is 0 Å². The lowest BCUT2D eigenvalue weighted by Crippen LogP contribution is -2.29. The lowest BCUT2D eigenvalue weighted by molar-refractivity contribution is 0.573. The van der Waals surface area contributed by atoms with Crippen LogP contribution in [0.15, 0.2) is 29.4 Å². The number of rotatable bonds is 10. The Morgan fingerprint density at radius 3 is 2.64 bits per heavy atom. The Kier molecular flexibility index (Phi) is 9.71. The fourth-order valence-electron chi connectivity index (χ4n) is 2.21. The Bertz CT molecular complexity index is 727. The van der Waals surface area contributed by atoms with Gasteiger partial charge in [0.2, 0.25) is 10.0 Å². The van der Waals surface area contributed by atoms with Gasteiger partial charge in [-0.2, -0.15) is 0 Å². The van der Waals surface area contributed by atoms with Crippen LogP contribution in [0.25, 0.3) is 10.4 Å². The average molecular weight is 362 g/mol. The Labute approximate surface area is 150 Å². The molecule has 0 heterocycles. The predicted molar refractivity (Wildman–Crippen MR) is 102 cm³/mol. The summed E-state index contributed by atoms with van der Waals surface area (Å²) in [6.07, 6.45) is 3.16. The van der Waals surface area contributed by atoms with Crippen LogP contribution in [0, 0.1) is 11.8 Å². The summed E-state index contributed by atoms with van der Waals surface area (Å²) < 4.78 is 26.0. The van der Waals surface area contributed by atoms with Crippen LogP contribution in [-0.2, 0) is 10.0 Å². The summed E-state index contributed by atoms with van der Waals surface area (Å²) in [6.45, 7) is 4.77. The van der Waals surface area contributed by atoms with E-state index in [0.29, 0.717) is 19.5 Å². The number of sulfonamides is 1. The number of nitrogens with zero attached hydrogens (tertiary/aromatic N) is 3. The second-order valence-electron chi connectivity index (χ2n) is 5.90. The molecule has 0 spiro atoms. The Morgan fingerprint density at radius 1 is 1.28 bits per heavy atom. The van der Waals surface area contributed by atoms with Crippen molar-refractivity contribution in [3.63, 3.8) is 0 Å². The number of hydrogen-bond acceptors (Lipinski definition) is 3. The molecule has 25 heavy (non-hydrogen) atoms. The van der Waals surface area contributed by atoms with Crippen molar-refractivity contribution < 1.29 is 8.42 Å². The largest absolute Gasteiger partial charge is 0.215 e. The third-order valence-electron chi connectivity index (χ3n) is 3.67. The summed E-state index contributed by atoms with van der Waals surface area (Å²) in [7, 11) is -3.17. The number of benzene rings is 1. The molecule has 0 saturated heterocycles. The molecule has 1 unspecified atom stereocenters. The monoisotopic (exact) mass is 362 g/mol. The molecule has 0 saturated carbocycles. The van der Waals surface area contributed by atoms with Gasteiger partial charge in [0.25, 0.3) is 0 Å². The molecule has 0 amide bonds. The summed E-state index contributed by atoms with van der Waals surface area (Å²) in [5, 5.41) is 3.48. The van der Waals surface area contributed by atoms with Crippen molar-refractivity contribution in [3.05, 3.63) is 45.8 Å². The van der Waals surface area contributed by atoms with E-state index in [-0.39, 0.29) is 11.7 Å². The first-order chi connectivity index (χ1) is 12.0. The molecule has 0 bridgehead atoms. The zero-order chi connectivity index (χ0) is 18.5. The van der Waals surface area contributed by atoms with Crippen LogP contribution in [0.2, 0.25) is 0 Å². The van der Waals surface area contributed by atoms with Gasteiger partial charge in [-0.3, -0.25) is 0 Å². The number of nitrogens with one attached hydrogen (secondary N) is 1. The van der Waals surface area contributed by atoms with Crippen LogP contribution >= 0.6 is 0 Å². The van der Waals surface area contributed by atoms with Crippen molar-refractivity contribution >= 4 is 10.0 Å². The van der Waals surface area contributed by atoms with Gasteiger partial charge in [0.1, 0.15) is 0 Å². The van der Waals surface area contributed by atoms with E-state index < -0.39 is 10.0 Å². The fourth-order valence-corrected chi connectivity index (χ4v) is 3.40. The lowest BCUT2D eigenvalue weighted by atomic mass is 10.0. The summed E-state index contributed by atoms with van der Waals surface area (Å²) >= 11 is 0. The summed E-state index contributed by atoms with van der Waals surface area (Å²) in [6, 6.07) is 7.90. The molecular formula is C18H26N4O2S. The van der Waals surface area contributed by atoms with Crippen molar-refractivity contribution in [2.75, 3.05) is 18.8 Å². The van der Waals surface area contributed by atoms with Crippen molar-refractivity contribution in [3.8, 4) is 11.8 Å². The van der Waals surface area contributed by atoms with Crippen LogP contribution in [0.4, 0.5) is 0 Å². The van der Waals surface area contributed by atoms with E-state index in [2.05, 4.69) is 26.6 Å². The maximum Gasteiger partial charge on any atom is 0.211 e. The molecule has 1 rings (SSSR count). The van der Waals surface area contributed by atoms with E-state index in [1.54, 1.807) is 0 Å². The predicted octanol–water partition coefficient (Wildman–Crippen LogP) is 3.95. The highest BCUT2D eigenvalue weighted by molar-refractivity contribution is 7.89. The van der Waals surface area contributed by atoms with Gasteiger partial charge < -0.3 is 0 Å². The second-order valence-corrected chi connectivity index (χ2v) is 7.83. The molecule has 1 aromatic carbocycles. The van der Waals surface area contributed by atoms with Crippen LogP contribution in [0.3, 0.4) is 0 Å². The Balaban J connectivity index is 2.46. The van der Waals surface area contributed by atoms with Crippen molar-refractivity contribution in [1.29, 1.82) is 0 Å².